The molecule has 0 spiro atoms. The molecular formula is C10H15F6N3O4S2. The molecule has 0 N–H and O–H groups in total. The normalized spacial score (nSPS) is 13.4. The summed E-state index contributed by atoms with van der Waals surface area (Å²) in [5, 5.41) is 0. The average molecular weight is 419 g/mol. The van der Waals surface area contributed by atoms with Gasteiger partial charge in [-0.1, -0.05) is 0 Å². The van der Waals surface area contributed by atoms with Crippen molar-refractivity contribution < 1.29 is 47.9 Å². The zero-order valence-electron chi connectivity index (χ0n) is 13.3. The van der Waals surface area contributed by atoms with Crippen LogP contribution in [0.15, 0.2) is 6.07 Å². The van der Waals surface area contributed by atoms with E-state index in [1.165, 1.54) is 11.4 Å². The van der Waals surface area contributed by atoms with Crippen molar-refractivity contribution in [3.8, 4) is 0 Å². The Kier molecular flexibility index (Phi) is 7.09. The van der Waals surface area contributed by atoms with Crippen molar-refractivity contribution in [1.82, 2.24) is 4.68 Å². The Morgan fingerprint density at radius 3 is 1.52 bits per heavy atom. The van der Waals surface area contributed by atoms with Crippen molar-refractivity contribution in [3.63, 3.8) is 0 Å². The second-order valence-electron chi connectivity index (χ2n) is 4.58. The number of halogens is 6. The highest BCUT2D eigenvalue weighted by Crippen LogP contribution is 2.36. The highest BCUT2D eigenvalue weighted by molar-refractivity contribution is 8.13. The van der Waals surface area contributed by atoms with Gasteiger partial charge in [0.15, 0.2) is 27.1 Å². The van der Waals surface area contributed by atoms with E-state index in [0.717, 1.165) is 10.7 Å². The van der Waals surface area contributed by atoms with Crippen LogP contribution in [0.1, 0.15) is 18.3 Å². The number of hydrogen-bond acceptors (Lipinski definition) is 4. The lowest BCUT2D eigenvalue weighted by atomic mass is 10.4. The fourth-order valence-electron chi connectivity index (χ4n) is 1.57. The summed E-state index contributed by atoms with van der Waals surface area (Å²) in [5.74, 6) is 0. The number of aromatic nitrogens is 2. The number of sulfonamides is 2. The molecule has 0 aliphatic heterocycles. The zero-order chi connectivity index (χ0) is 20.4. The lowest BCUT2D eigenvalue weighted by Crippen LogP contribution is -2.41. The first kappa shape index (κ1) is 23.6. The monoisotopic (exact) mass is 419 g/mol. The van der Waals surface area contributed by atoms with Crippen LogP contribution in [-0.2, 0) is 33.6 Å². The number of nitrogens with zero attached hydrogens (tertiary/aromatic N) is 3. The fourth-order valence-corrected chi connectivity index (χ4v) is 3.28. The predicted molar refractivity (Wildman–Crippen MR) is 74.1 cm³/mol. The molecule has 148 valence electrons. The molecule has 0 aromatic carbocycles. The van der Waals surface area contributed by atoms with E-state index in [1.54, 1.807) is 0 Å². The van der Waals surface area contributed by atoms with Crippen molar-refractivity contribution in [3.05, 3.63) is 21.6 Å². The Hall–Kier alpha value is -1.35. The largest absolute Gasteiger partial charge is 0.480 e. The summed E-state index contributed by atoms with van der Waals surface area (Å²) in [7, 11) is -11.4. The molecule has 0 unspecified atom stereocenters. The second kappa shape index (κ2) is 7.49. The Labute approximate surface area is 140 Å². The summed E-state index contributed by atoms with van der Waals surface area (Å²) >= 11 is 0. The van der Waals surface area contributed by atoms with Crippen LogP contribution < -0.4 is 4.68 Å². The molecule has 1 heterocycles. The number of alkyl halides is 6. The van der Waals surface area contributed by atoms with Crippen molar-refractivity contribution in [2.45, 2.75) is 38.3 Å². The lowest BCUT2D eigenvalue weighted by molar-refractivity contribution is -0.758. The summed E-state index contributed by atoms with van der Waals surface area (Å²) in [6.07, 6.45) is 0. The van der Waals surface area contributed by atoms with E-state index in [1.807, 2.05) is 0 Å². The van der Waals surface area contributed by atoms with Crippen LogP contribution in [0.2, 0.25) is 0 Å². The van der Waals surface area contributed by atoms with Crippen LogP contribution >= 0.6 is 0 Å². The minimum absolute atomic E-state index is 0.778. The molecule has 0 radical (unpaired) electrons. The van der Waals surface area contributed by atoms with Gasteiger partial charge in [-0.05, 0) is 13.8 Å². The van der Waals surface area contributed by atoms with E-state index in [9.17, 15) is 43.2 Å². The van der Waals surface area contributed by atoms with Gasteiger partial charge in [0.2, 0.25) is 5.69 Å². The van der Waals surface area contributed by atoms with Gasteiger partial charge in [0.25, 0.3) is 0 Å². The van der Waals surface area contributed by atoms with Crippen molar-refractivity contribution in [1.29, 1.82) is 0 Å². The van der Waals surface area contributed by atoms with E-state index in [4.69, 9.17) is 0 Å². The van der Waals surface area contributed by atoms with Gasteiger partial charge >= 0.3 is 11.0 Å². The van der Waals surface area contributed by atoms with Crippen molar-refractivity contribution >= 4 is 20.0 Å². The summed E-state index contributed by atoms with van der Waals surface area (Å²) in [4.78, 5) is 0. The van der Waals surface area contributed by atoms with Gasteiger partial charge < -0.3 is 4.13 Å². The zero-order valence-corrected chi connectivity index (χ0v) is 15.0. The highest BCUT2D eigenvalue weighted by Gasteiger charge is 2.46. The minimum Gasteiger partial charge on any atom is -0.421 e. The average Bonchev–Trinajstić information content (AvgIpc) is 2.59. The van der Waals surface area contributed by atoms with E-state index in [0.29, 0.717) is 0 Å². The maximum absolute atomic E-state index is 11.4. The van der Waals surface area contributed by atoms with Gasteiger partial charge in [-0.15, -0.1) is 4.68 Å². The Bertz CT molecular complexity index is 767. The highest BCUT2D eigenvalue weighted by atomic mass is 32.3. The third-order valence-electron chi connectivity index (χ3n) is 2.78. The van der Waals surface area contributed by atoms with Crippen LogP contribution in [0.3, 0.4) is 0 Å². The van der Waals surface area contributed by atoms with Crippen LogP contribution in [0, 0.1) is 13.8 Å². The third kappa shape index (κ3) is 5.85. The third-order valence-corrected chi connectivity index (χ3v) is 5.52. The standard InChI is InChI=1S/C8H15N2.C2F6NO4S2/c1-5-10-8(3)6-7(2)9(10)4;3-1(4,5)14(10,11)9-15(12,13)2(6,7)8/h6H,5H2,1-4H3;/q+1;-1. The molecule has 0 atom stereocenters. The van der Waals surface area contributed by atoms with Crippen LogP contribution in [0.5, 0.6) is 0 Å². The summed E-state index contributed by atoms with van der Waals surface area (Å²) in [6.45, 7) is 7.47. The van der Waals surface area contributed by atoms with Crippen molar-refractivity contribution in [2.75, 3.05) is 0 Å². The van der Waals surface area contributed by atoms with Crippen LogP contribution in [-0.4, -0.2) is 32.5 Å². The number of aryl methyl sites for hydroxylation is 2. The second-order valence-corrected chi connectivity index (χ2v) is 8.00. The number of hydrogen-bond donors (Lipinski definition) is 0. The Morgan fingerprint density at radius 2 is 1.36 bits per heavy atom. The van der Waals surface area contributed by atoms with Crippen molar-refractivity contribution in [2.24, 2.45) is 7.05 Å². The van der Waals surface area contributed by atoms with Gasteiger partial charge in [-0.25, -0.2) is 16.8 Å². The predicted octanol–water partition coefficient (Wildman–Crippen LogP) is 2.01. The molecule has 1 aromatic rings. The maximum Gasteiger partial charge on any atom is 0.480 e. The first-order valence-electron chi connectivity index (χ1n) is 6.27. The first-order chi connectivity index (χ1) is 10.9. The Morgan fingerprint density at radius 1 is 1.00 bits per heavy atom. The smallest absolute Gasteiger partial charge is 0.421 e. The van der Waals surface area contributed by atoms with Gasteiger partial charge in [-0.3, -0.25) is 0 Å². The molecule has 15 heteroatoms. The molecule has 1 rings (SSSR count). The Balaban J connectivity index is 0.000000496. The molecule has 25 heavy (non-hydrogen) atoms. The topological polar surface area (TPSA) is 91.2 Å². The molecule has 0 fully saturated rings. The summed E-state index contributed by atoms with van der Waals surface area (Å²) in [6, 6.07) is 2.20. The lowest BCUT2D eigenvalue weighted by Gasteiger charge is -2.22. The van der Waals surface area contributed by atoms with E-state index >= 15 is 0 Å². The molecule has 0 bridgehead atoms. The molecule has 0 saturated carbocycles. The van der Waals surface area contributed by atoms with Gasteiger partial charge in [0.1, 0.15) is 0 Å². The first-order valence-corrected chi connectivity index (χ1v) is 9.15. The van der Waals surface area contributed by atoms with Gasteiger partial charge in [0, 0.05) is 13.0 Å². The minimum atomic E-state index is -6.72. The SMILES string of the molecule is CCn1c(C)cc(C)[n+]1C.O=S(=O)([N-]S(=O)(=O)C(F)(F)F)C(F)(F)F. The van der Waals surface area contributed by atoms with E-state index in [-0.39, 0.29) is 0 Å². The molecule has 7 nitrogen and oxygen atoms in total. The van der Waals surface area contributed by atoms with Crippen LogP contribution in [0.25, 0.3) is 4.13 Å². The van der Waals surface area contributed by atoms with Gasteiger partial charge in [0.05, 0.1) is 12.2 Å². The molecule has 1 aromatic heterocycles. The molecular weight excluding hydrogens is 404 g/mol. The molecule has 0 saturated heterocycles. The molecule has 0 amide bonds. The quantitative estimate of drug-likeness (QED) is 0.554. The van der Waals surface area contributed by atoms with Crippen LogP contribution in [0.4, 0.5) is 26.3 Å². The van der Waals surface area contributed by atoms with Gasteiger partial charge in [-0.2, -0.15) is 31.0 Å². The number of rotatable bonds is 3. The van der Waals surface area contributed by atoms with E-state index in [2.05, 4.69) is 43.2 Å². The van der Waals surface area contributed by atoms with E-state index < -0.39 is 31.1 Å². The molecule has 0 aliphatic carbocycles. The fraction of sp³-hybridized carbons (Fsp3) is 0.700. The summed E-state index contributed by atoms with van der Waals surface area (Å²) < 4.78 is 114. The maximum atomic E-state index is 11.4. The molecule has 0 aliphatic rings. The summed E-state index contributed by atoms with van der Waals surface area (Å²) in [5.41, 5.74) is -9.75.